The lowest BCUT2D eigenvalue weighted by atomic mass is 10.2. The van der Waals surface area contributed by atoms with Gasteiger partial charge in [-0.3, -0.25) is 9.59 Å². The van der Waals surface area contributed by atoms with Crippen LogP contribution in [0.25, 0.3) is 0 Å². The van der Waals surface area contributed by atoms with E-state index in [1.165, 1.54) is 24.1 Å². The largest absolute Gasteiger partial charge is 0.393 e. The van der Waals surface area contributed by atoms with E-state index >= 15 is 0 Å². The van der Waals surface area contributed by atoms with Crippen molar-refractivity contribution in [1.29, 1.82) is 0 Å². The molecule has 0 aliphatic heterocycles. The number of likely N-dealkylation sites (N-methyl/N-ethyl adjacent to an activating group) is 1. The van der Waals surface area contributed by atoms with E-state index in [0.29, 0.717) is 34.3 Å². The van der Waals surface area contributed by atoms with Crippen LogP contribution in [0.5, 0.6) is 0 Å². The summed E-state index contributed by atoms with van der Waals surface area (Å²) in [6.07, 6.45) is -0.129. The molecule has 5 nitrogen and oxygen atoms in total. The van der Waals surface area contributed by atoms with Gasteiger partial charge in [-0.15, -0.1) is 0 Å². The zero-order valence-electron chi connectivity index (χ0n) is 12.1. The summed E-state index contributed by atoms with van der Waals surface area (Å²) in [5.41, 5.74) is 1.06. The Morgan fingerprint density at radius 3 is 2.33 bits per heavy atom. The molecule has 2 N–H and O–H groups in total. The Hall–Kier alpha value is -1.30. The highest BCUT2D eigenvalue weighted by Gasteiger charge is 2.19. The molecule has 0 spiro atoms. The van der Waals surface area contributed by atoms with Gasteiger partial charge in [0.05, 0.1) is 6.10 Å². The maximum atomic E-state index is 11.9. The first-order valence-corrected chi connectivity index (χ1v) is 7.18. The number of benzene rings is 1. The fourth-order valence-electron chi connectivity index (χ4n) is 1.56. The lowest BCUT2D eigenvalue weighted by Crippen LogP contribution is -2.38. The predicted octanol–water partition coefficient (Wildman–Crippen LogP) is 2.47. The summed E-state index contributed by atoms with van der Waals surface area (Å²) in [4.78, 5) is 25.0. The molecule has 2 amide bonds. The van der Waals surface area contributed by atoms with Crippen molar-refractivity contribution in [2.24, 2.45) is 0 Å². The first-order valence-electron chi connectivity index (χ1n) is 6.42. The molecule has 0 fully saturated rings. The molecule has 1 unspecified atom stereocenters. The molecule has 0 aromatic heterocycles. The van der Waals surface area contributed by atoms with Crippen molar-refractivity contribution in [3.05, 3.63) is 27.7 Å². The molecule has 1 aromatic rings. The molecule has 0 aliphatic carbocycles. The minimum atomic E-state index is -0.779. The van der Waals surface area contributed by atoms with Gasteiger partial charge in [-0.05, 0) is 38.0 Å². The van der Waals surface area contributed by atoms with E-state index in [9.17, 15) is 14.7 Å². The second-order valence-electron chi connectivity index (χ2n) is 4.88. The Kier molecular flexibility index (Phi) is 6.45. The summed E-state index contributed by atoms with van der Waals surface area (Å²) >= 11 is 11.9. The van der Waals surface area contributed by atoms with Crippen molar-refractivity contribution in [1.82, 2.24) is 4.90 Å². The molecule has 0 radical (unpaired) electrons. The van der Waals surface area contributed by atoms with E-state index in [1.54, 1.807) is 13.8 Å². The fourth-order valence-corrected chi connectivity index (χ4v) is 2.04. The maximum Gasteiger partial charge on any atom is 0.313 e. The van der Waals surface area contributed by atoms with Gasteiger partial charge < -0.3 is 15.3 Å². The molecule has 1 atom stereocenters. The summed E-state index contributed by atoms with van der Waals surface area (Å²) in [7, 11) is 1.50. The number of carbonyl (C=O) groups excluding carboxylic acids is 2. The predicted molar refractivity (Wildman–Crippen MR) is 83.8 cm³/mol. The van der Waals surface area contributed by atoms with Gasteiger partial charge in [0.2, 0.25) is 0 Å². The molecule has 21 heavy (non-hydrogen) atoms. The SMILES string of the molecule is Cc1c(Cl)cc(NC(=O)C(=O)N(C)CCC(C)O)cc1Cl. The molecule has 0 heterocycles. The molecule has 0 bridgehead atoms. The zero-order valence-corrected chi connectivity index (χ0v) is 13.6. The highest BCUT2D eigenvalue weighted by Crippen LogP contribution is 2.28. The van der Waals surface area contributed by atoms with E-state index in [2.05, 4.69) is 5.32 Å². The summed E-state index contributed by atoms with van der Waals surface area (Å²) in [5, 5.41) is 12.5. The molecule has 7 heteroatoms. The van der Waals surface area contributed by atoms with Crippen LogP contribution in [0.3, 0.4) is 0 Å². The van der Waals surface area contributed by atoms with Crippen molar-refractivity contribution < 1.29 is 14.7 Å². The van der Waals surface area contributed by atoms with Crippen LogP contribution >= 0.6 is 23.2 Å². The fraction of sp³-hybridized carbons (Fsp3) is 0.429. The van der Waals surface area contributed by atoms with E-state index in [1.807, 2.05) is 0 Å². The van der Waals surface area contributed by atoms with Crippen LogP contribution in [0.1, 0.15) is 18.9 Å². The van der Waals surface area contributed by atoms with Gasteiger partial charge in [0.15, 0.2) is 0 Å². The van der Waals surface area contributed by atoms with Crippen LogP contribution in [0, 0.1) is 6.92 Å². The Bertz CT molecular complexity index is 524. The Morgan fingerprint density at radius 1 is 1.33 bits per heavy atom. The number of nitrogens with one attached hydrogen (secondary N) is 1. The lowest BCUT2D eigenvalue weighted by Gasteiger charge is -2.17. The zero-order chi connectivity index (χ0) is 16.2. The van der Waals surface area contributed by atoms with Crippen LogP contribution < -0.4 is 5.32 Å². The number of aliphatic hydroxyl groups excluding tert-OH is 1. The highest BCUT2D eigenvalue weighted by atomic mass is 35.5. The van der Waals surface area contributed by atoms with Crippen LogP contribution in [0.15, 0.2) is 12.1 Å². The highest BCUT2D eigenvalue weighted by molar-refractivity contribution is 6.40. The van der Waals surface area contributed by atoms with E-state index in [-0.39, 0.29) is 0 Å². The topological polar surface area (TPSA) is 69.6 Å². The number of hydrogen-bond acceptors (Lipinski definition) is 3. The maximum absolute atomic E-state index is 11.9. The number of rotatable bonds is 4. The number of hydrogen-bond donors (Lipinski definition) is 2. The van der Waals surface area contributed by atoms with Crippen LogP contribution in [-0.2, 0) is 9.59 Å². The number of carbonyl (C=O) groups is 2. The van der Waals surface area contributed by atoms with Crippen molar-refractivity contribution in [2.75, 3.05) is 18.9 Å². The van der Waals surface area contributed by atoms with Crippen LogP contribution in [0.4, 0.5) is 5.69 Å². The van der Waals surface area contributed by atoms with Crippen molar-refractivity contribution in [2.45, 2.75) is 26.4 Å². The van der Waals surface area contributed by atoms with Crippen molar-refractivity contribution in [3.8, 4) is 0 Å². The van der Waals surface area contributed by atoms with Gasteiger partial charge in [0.25, 0.3) is 0 Å². The first kappa shape index (κ1) is 17.8. The summed E-state index contributed by atoms with van der Waals surface area (Å²) in [5.74, 6) is -1.47. The summed E-state index contributed by atoms with van der Waals surface area (Å²) in [6.45, 7) is 3.67. The van der Waals surface area contributed by atoms with Crippen molar-refractivity contribution >= 4 is 40.7 Å². The first-order chi connectivity index (χ1) is 9.72. The molecular weight excluding hydrogens is 315 g/mol. The normalized spacial score (nSPS) is 11.9. The van der Waals surface area contributed by atoms with Gasteiger partial charge in [0.1, 0.15) is 0 Å². The van der Waals surface area contributed by atoms with E-state index < -0.39 is 17.9 Å². The number of aliphatic hydroxyl groups is 1. The number of nitrogens with zero attached hydrogens (tertiary/aromatic N) is 1. The number of amides is 2. The standard InChI is InChI=1S/C14H18Cl2N2O3/c1-8(19)4-5-18(3)14(21)13(20)17-10-6-11(15)9(2)12(16)7-10/h6-8,19H,4-5H2,1-3H3,(H,17,20). The molecule has 1 rings (SSSR count). The average Bonchev–Trinajstić information content (AvgIpc) is 2.40. The van der Waals surface area contributed by atoms with Gasteiger partial charge in [-0.25, -0.2) is 0 Å². The minimum absolute atomic E-state index is 0.291. The molecule has 116 valence electrons. The molecule has 1 aromatic carbocycles. The van der Waals surface area contributed by atoms with Gasteiger partial charge >= 0.3 is 11.8 Å². The van der Waals surface area contributed by atoms with E-state index in [4.69, 9.17) is 23.2 Å². The van der Waals surface area contributed by atoms with Gasteiger partial charge in [-0.2, -0.15) is 0 Å². The Morgan fingerprint density at radius 2 is 1.86 bits per heavy atom. The lowest BCUT2D eigenvalue weighted by molar-refractivity contribution is -0.142. The number of anilines is 1. The minimum Gasteiger partial charge on any atom is -0.393 e. The third-order valence-corrected chi connectivity index (χ3v) is 3.75. The monoisotopic (exact) mass is 332 g/mol. The smallest absolute Gasteiger partial charge is 0.313 e. The second kappa shape index (κ2) is 7.64. The van der Waals surface area contributed by atoms with Crippen molar-refractivity contribution in [3.63, 3.8) is 0 Å². The third kappa shape index (κ3) is 5.19. The number of halogens is 2. The van der Waals surface area contributed by atoms with E-state index in [0.717, 1.165) is 0 Å². The Balaban J connectivity index is 2.70. The van der Waals surface area contributed by atoms with Crippen LogP contribution in [-0.4, -0.2) is 41.5 Å². The molecule has 0 saturated heterocycles. The van der Waals surface area contributed by atoms with Gasteiger partial charge in [0, 0.05) is 29.3 Å². The quantitative estimate of drug-likeness (QED) is 0.832. The summed E-state index contributed by atoms with van der Waals surface area (Å²) in [6, 6.07) is 3.06. The molecular formula is C14H18Cl2N2O3. The molecule has 0 aliphatic rings. The third-order valence-electron chi connectivity index (χ3n) is 2.96. The van der Waals surface area contributed by atoms with Gasteiger partial charge in [-0.1, -0.05) is 23.2 Å². The second-order valence-corrected chi connectivity index (χ2v) is 5.70. The average molecular weight is 333 g/mol. The molecule has 0 saturated carbocycles. The van der Waals surface area contributed by atoms with Crippen LogP contribution in [0.2, 0.25) is 10.0 Å². The Labute approximate surface area is 133 Å². The summed E-state index contributed by atoms with van der Waals surface area (Å²) < 4.78 is 0.